The molecule has 0 aliphatic heterocycles. The quantitative estimate of drug-likeness (QED) is 0.829. The Labute approximate surface area is 132 Å². The molecular formula is C15H17N3O3S. The molecule has 0 saturated heterocycles. The number of ether oxygens (including phenoxy) is 2. The molecule has 0 atom stereocenters. The molecule has 22 heavy (non-hydrogen) atoms. The number of hydrogen-bond acceptors (Lipinski definition) is 6. The van der Waals surface area contributed by atoms with Crippen molar-refractivity contribution in [2.24, 2.45) is 0 Å². The van der Waals surface area contributed by atoms with Gasteiger partial charge >= 0.3 is 0 Å². The summed E-state index contributed by atoms with van der Waals surface area (Å²) in [5.74, 6) is 1.08. The van der Waals surface area contributed by atoms with Crippen molar-refractivity contribution in [3.63, 3.8) is 0 Å². The number of nitrogens with zero attached hydrogens (tertiary/aromatic N) is 2. The molecule has 0 unspecified atom stereocenters. The van der Waals surface area contributed by atoms with E-state index in [0.717, 1.165) is 17.0 Å². The zero-order valence-corrected chi connectivity index (χ0v) is 13.4. The molecule has 2 aromatic rings. The van der Waals surface area contributed by atoms with Gasteiger partial charge in [0.2, 0.25) is 11.0 Å². The van der Waals surface area contributed by atoms with E-state index in [4.69, 9.17) is 9.47 Å². The molecule has 1 amide bonds. The number of carbonyl (C=O) groups excluding carboxylic acids is 1. The molecule has 0 radical (unpaired) electrons. The molecular weight excluding hydrogens is 302 g/mol. The summed E-state index contributed by atoms with van der Waals surface area (Å²) < 4.78 is 10.4. The fraction of sp³-hybridized carbons (Fsp3) is 0.267. The van der Waals surface area contributed by atoms with E-state index >= 15 is 0 Å². The zero-order valence-electron chi connectivity index (χ0n) is 12.6. The molecule has 1 aromatic heterocycles. The van der Waals surface area contributed by atoms with Crippen LogP contribution in [0.2, 0.25) is 0 Å². The molecule has 0 bridgehead atoms. The number of carbonyl (C=O) groups is 1. The number of nitrogens with one attached hydrogen (secondary N) is 1. The molecule has 0 aliphatic rings. The average Bonchev–Trinajstić information content (AvgIpc) is 3.00. The van der Waals surface area contributed by atoms with Gasteiger partial charge in [-0.25, -0.2) is 0 Å². The minimum absolute atomic E-state index is 0.274. The summed E-state index contributed by atoms with van der Waals surface area (Å²) >= 11 is 1.36. The Morgan fingerprint density at radius 2 is 2.14 bits per heavy atom. The van der Waals surface area contributed by atoms with Gasteiger partial charge in [-0.1, -0.05) is 18.3 Å². The van der Waals surface area contributed by atoms with E-state index in [-0.39, 0.29) is 5.91 Å². The van der Waals surface area contributed by atoms with E-state index in [0.29, 0.717) is 16.6 Å². The molecule has 2 rings (SSSR count). The number of rotatable bonds is 6. The molecule has 0 aliphatic carbocycles. The minimum atomic E-state index is -0.274. The van der Waals surface area contributed by atoms with E-state index in [9.17, 15) is 4.79 Å². The number of anilines is 1. The van der Waals surface area contributed by atoms with Crippen molar-refractivity contribution in [2.45, 2.75) is 13.3 Å². The maximum Gasteiger partial charge on any atom is 0.250 e. The average molecular weight is 319 g/mol. The molecule has 1 N–H and O–H groups in total. The van der Waals surface area contributed by atoms with Gasteiger partial charge < -0.3 is 9.47 Å². The predicted octanol–water partition coefficient (Wildman–Crippen LogP) is 2.77. The maximum atomic E-state index is 11.9. The highest BCUT2D eigenvalue weighted by Crippen LogP contribution is 2.25. The molecule has 6 nitrogen and oxygen atoms in total. The second-order valence-electron chi connectivity index (χ2n) is 4.28. The van der Waals surface area contributed by atoms with E-state index in [2.05, 4.69) is 15.5 Å². The Morgan fingerprint density at radius 3 is 2.77 bits per heavy atom. The summed E-state index contributed by atoms with van der Waals surface area (Å²) in [6.07, 6.45) is 3.88. The van der Waals surface area contributed by atoms with Crippen LogP contribution in [-0.4, -0.2) is 30.3 Å². The van der Waals surface area contributed by atoms with Crippen LogP contribution in [0.5, 0.6) is 11.5 Å². The van der Waals surface area contributed by atoms with Crippen LogP contribution in [0.4, 0.5) is 5.13 Å². The molecule has 0 saturated carbocycles. The predicted molar refractivity (Wildman–Crippen MR) is 86.5 cm³/mol. The summed E-state index contributed by atoms with van der Waals surface area (Å²) in [6.45, 7) is 1.99. The molecule has 1 aromatic carbocycles. The highest BCUT2D eigenvalue weighted by Gasteiger charge is 2.06. The van der Waals surface area contributed by atoms with E-state index in [1.54, 1.807) is 38.5 Å². The Balaban J connectivity index is 2.08. The van der Waals surface area contributed by atoms with Crippen LogP contribution in [0.15, 0.2) is 24.3 Å². The van der Waals surface area contributed by atoms with Crippen LogP contribution < -0.4 is 14.8 Å². The van der Waals surface area contributed by atoms with Crippen LogP contribution >= 0.6 is 11.3 Å². The highest BCUT2D eigenvalue weighted by molar-refractivity contribution is 7.15. The number of aryl methyl sites for hydroxylation is 1. The second kappa shape index (κ2) is 7.56. The van der Waals surface area contributed by atoms with E-state index in [1.165, 1.54) is 17.4 Å². The first-order valence-corrected chi connectivity index (χ1v) is 7.51. The molecule has 1 heterocycles. The van der Waals surface area contributed by atoms with Gasteiger partial charge in [0.15, 0.2) is 0 Å². The molecule has 116 valence electrons. The van der Waals surface area contributed by atoms with Crippen molar-refractivity contribution < 1.29 is 14.3 Å². The topological polar surface area (TPSA) is 73.3 Å². The third-order valence-corrected chi connectivity index (χ3v) is 3.83. The van der Waals surface area contributed by atoms with Crippen LogP contribution in [-0.2, 0) is 11.2 Å². The van der Waals surface area contributed by atoms with Crippen LogP contribution in [0, 0.1) is 0 Å². The molecule has 7 heteroatoms. The summed E-state index contributed by atoms with van der Waals surface area (Å²) in [4.78, 5) is 11.9. The van der Waals surface area contributed by atoms with Crippen LogP contribution in [0.3, 0.4) is 0 Å². The lowest BCUT2D eigenvalue weighted by Crippen LogP contribution is -2.07. The van der Waals surface area contributed by atoms with Gasteiger partial charge in [0.1, 0.15) is 16.5 Å². The number of amides is 1. The molecule has 0 spiro atoms. The Kier molecular flexibility index (Phi) is 5.48. The van der Waals surface area contributed by atoms with E-state index in [1.807, 2.05) is 6.92 Å². The van der Waals surface area contributed by atoms with Crippen molar-refractivity contribution in [2.75, 3.05) is 19.5 Å². The zero-order chi connectivity index (χ0) is 15.9. The maximum absolute atomic E-state index is 11.9. The third-order valence-electron chi connectivity index (χ3n) is 2.85. The standard InChI is InChI=1S/C15H17N3O3S/c1-4-14-17-18-15(22-14)16-13(19)8-5-10-9-11(20-2)6-7-12(10)21-3/h5-9H,4H2,1-3H3,(H,16,18,19). The Morgan fingerprint density at radius 1 is 1.32 bits per heavy atom. The van der Waals surface area contributed by atoms with Crippen LogP contribution in [0.1, 0.15) is 17.5 Å². The normalized spacial score (nSPS) is 10.7. The van der Waals surface area contributed by atoms with Crippen LogP contribution in [0.25, 0.3) is 6.08 Å². The van der Waals surface area contributed by atoms with Gasteiger partial charge in [-0.05, 0) is 30.7 Å². The van der Waals surface area contributed by atoms with Gasteiger partial charge in [0.25, 0.3) is 0 Å². The van der Waals surface area contributed by atoms with Gasteiger partial charge in [-0.15, -0.1) is 10.2 Å². The first-order valence-electron chi connectivity index (χ1n) is 6.69. The fourth-order valence-electron chi connectivity index (χ4n) is 1.73. The minimum Gasteiger partial charge on any atom is -0.497 e. The van der Waals surface area contributed by atoms with Crippen molar-refractivity contribution in [3.8, 4) is 11.5 Å². The Hall–Kier alpha value is -2.41. The van der Waals surface area contributed by atoms with Crippen molar-refractivity contribution in [1.82, 2.24) is 10.2 Å². The summed E-state index contributed by atoms with van der Waals surface area (Å²) in [5, 5.41) is 11.9. The second-order valence-corrected chi connectivity index (χ2v) is 5.35. The number of methoxy groups -OCH3 is 2. The number of aromatic nitrogens is 2. The summed E-state index contributed by atoms with van der Waals surface area (Å²) in [6, 6.07) is 5.38. The van der Waals surface area contributed by atoms with Crippen molar-refractivity contribution in [3.05, 3.63) is 34.8 Å². The van der Waals surface area contributed by atoms with Crippen molar-refractivity contribution in [1.29, 1.82) is 0 Å². The SMILES string of the molecule is CCc1nnc(NC(=O)C=Cc2cc(OC)ccc2OC)s1. The molecule has 0 fully saturated rings. The monoisotopic (exact) mass is 319 g/mol. The Bertz CT molecular complexity index is 682. The number of hydrogen-bond donors (Lipinski definition) is 1. The van der Waals surface area contributed by atoms with Crippen molar-refractivity contribution >= 4 is 28.5 Å². The largest absolute Gasteiger partial charge is 0.497 e. The van der Waals surface area contributed by atoms with Gasteiger partial charge in [0, 0.05) is 11.6 Å². The third kappa shape index (κ3) is 4.05. The summed E-state index contributed by atoms with van der Waals surface area (Å²) in [7, 11) is 3.16. The lowest BCUT2D eigenvalue weighted by atomic mass is 10.1. The lowest BCUT2D eigenvalue weighted by Gasteiger charge is -2.07. The lowest BCUT2D eigenvalue weighted by molar-refractivity contribution is -0.111. The fourth-order valence-corrected chi connectivity index (χ4v) is 2.41. The van der Waals surface area contributed by atoms with Gasteiger partial charge in [0.05, 0.1) is 14.2 Å². The van der Waals surface area contributed by atoms with Gasteiger partial charge in [-0.2, -0.15) is 0 Å². The summed E-state index contributed by atoms with van der Waals surface area (Å²) in [5.41, 5.74) is 0.753. The highest BCUT2D eigenvalue weighted by atomic mass is 32.1. The van der Waals surface area contributed by atoms with Gasteiger partial charge in [-0.3, -0.25) is 10.1 Å². The first-order chi connectivity index (χ1) is 10.7. The number of benzene rings is 1. The smallest absolute Gasteiger partial charge is 0.250 e. The van der Waals surface area contributed by atoms with E-state index < -0.39 is 0 Å². The first kappa shape index (κ1) is 16.0.